The summed E-state index contributed by atoms with van der Waals surface area (Å²) >= 11 is 0. The summed E-state index contributed by atoms with van der Waals surface area (Å²) in [7, 11) is -8.03. The normalized spacial score (nSPS) is 12.2. The summed E-state index contributed by atoms with van der Waals surface area (Å²) in [4.78, 5) is 15.6. The SMILES string of the molecule is CCCCCCCC/C=C/CCCCCCCCCCCC(=O)NCCCCS(=O)(=O)O.CCCCCCCC/C=C/CCCCCCCCCCCC([O-])=NCCCCS(=O)(=O)[O-].[Ca+2]. The Morgan fingerprint density at radius 2 is 0.815 bits per heavy atom. The summed E-state index contributed by atoms with van der Waals surface area (Å²) in [5.74, 6) is -0.666. The fourth-order valence-corrected chi connectivity index (χ4v) is 8.64. The smallest absolute Gasteiger partial charge is 0.862 e. The first kappa shape index (κ1) is 68.8. The Bertz CT molecular complexity index is 1310. The summed E-state index contributed by atoms with van der Waals surface area (Å²) in [6, 6.07) is 0. The standard InChI is InChI=1S/2C26H51NO4S.Ca/c2*1-2-3-4-5-6-7-8-9-10-11-12-13-14-15-16-17-18-19-20-23-26(28)27-24-21-22-25-32(29,30)31;/h2*9-10H,2-8,11-25H2,1H3,(H,27,28)(H,29,30,31);/q;;+2/p-2/b2*10-9+;. The molecule has 0 aliphatic heterocycles. The summed E-state index contributed by atoms with van der Waals surface area (Å²) < 4.78 is 61.2. The second-order valence-corrected chi connectivity index (χ2v) is 21.2. The van der Waals surface area contributed by atoms with Crippen molar-refractivity contribution in [2.45, 2.75) is 271 Å². The van der Waals surface area contributed by atoms with E-state index in [4.69, 9.17) is 4.55 Å². The molecule has 2 N–H and O–H groups in total. The summed E-state index contributed by atoms with van der Waals surface area (Å²) in [6.45, 7) is 5.33. The molecule has 0 atom stereocenters. The molecule has 0 aromatic heterocycles. The van der Waals surface area contributed by atoms with Crippen molar-refractivity contribution in [2.24, 2.45) is 4.99 Å². The summed E-state index contributed by atoms with van der Waals surface area (Å²) in [6.07, 6.45) is 55.7. The Labute approximate surface area is 432 Å². The van der Waals surface area contributed by atoms with E-state index in [-0.39, 0.29) is 67.5 Å². The van der Waals surface area contributed by atoms with Gasteiger partial charge in [0.25, 0.3) is 10.1 Å². The number of nitrogens with zero attached hydrogens (tertiary/aromatic N) is 1. The van der Waals surface area contributed by atoms with Gasteiger partial charge in [0.1, 0.15) is 0 Å². The monoisotopic (exact) mass is 985 g/mol. The molecule has 0 spiro atoms. The third-order valence-corrected chi connectivity index (χ3v) is 13.2. The molecule has 0 saturated carbocycles. The van der Waals surface area contributed by atoms with E-state index in [0.29, 0.717) is 45.2 Å². The number of carbonyl (C=O) groups excluding carboxylic acids is 1. The van der Waals surface area contributed by atoms with Crippen LogP contribution in [0.2, 0.25) is 0 Å². The summed E-state index contributed by atoms with van der Waals surface area (Å²) in [5, 5.41) is 14.4. The van der Waals surface area contributed by atoms with Crippen LogP contribution in [0, 0.1) is 0 Å². The number of rotatable bonds is 48. The molecule has 0 fully saturated rings. The molecular formula is C52H100CaN2O8S2. The van der Waals surface area contributed by atoms with Crippen LogP contribution in [-0.2, 0) is 25.0 Å². The van der Waals surface area contributed by atoms with E-state index >= 15 is 0 Å². The van der Waals surface area contributed by atoms with Gasteiger partial charge in [-0.15, -0.1) is 0 Å². The first-order chi connectivity index (χ1) is 30.9. The molecule has 380 valence electrons. The Kier molecular flexibility index (Phi) is 57.6. The van der Waals surface area contributed by atoms with E-state index in [2.05, 4.69) is 48.5 Å². The number of unbranched alkanes of at least 4 members (excludes halogenated alkanes) is 32. The van der Waals surface area contributed by atoms with Crippen LogP contribution in [0.15, 0.2) is 29.3 Å². The average Bonchev–Trinajstić information content (AvgIpc) is 3.24. The molecule has 0 aromatic carbocycles. The quantitative estimate of drug-likeness (QED) is 0.0151. The molecule has 0 unspecified atom stereocenters. The van der Waals surface area contributed by atoms with Crippen LogP contribution < -0.4 is 10.4 Å². The van der Waals surface area contributed by atoms with Gasteiger partial charge < -0.3 is 20.0 Å². The van der Waals surface area contributed by atoms with Crippen LogP contribution in [0.5, 0.6) is 0 Å². The molecule has 65 heavy (non-hydrogen) atoms. The van der Waals surface area contributed by atoms with Gasteiger partial charge in [-0.2, -0.15) is 8.42 Å². The van der Waals surface area contributed by atoms with Gasteiger partial charge in [-0.25, -0.2) is 8.42 Å². The van der Waals surface area contributed by atoms with E-state index in [1.807, 2.05) is 0 Å². The van der Waals surface area contributed by atoms with Crippen molar-refractivity contribution in [1.82, 2.24) is 5.32 Å². The Balaban J connectivity index is -0.00000116. The minimum absolute atomic E-state index is 0. The van der Waals surface area contributed by atoms with Crippen LogP contribution in [0.3, 0.4) is 0 Å². The van der Waals surface area contributed by atoms with Gasteiger partial charge in [0.15, 0.2) is 0 Å². The molecule has 0 aromatic rings. The van der Waals surface area contributed by atoms with Crippen LogP contribution in [-0.4, -0.2) is 100 Å². The predicted octanol–water partition coefficient (Wildman–Crippen LogP) is 13.7. The van der Waals surface area contributed by atoms with Gasteiger partial charge >= 0.3 is 37.7 Å². The number of nitrogens with one attached hydrogen (secondary N) is 1. The predicted molar refractivity (Wildman–Crippen MR) is 276 cm³/mol. The maximum Gasteiger partial charge on any atom is 2.00 e. The third-order valence-electron chi connectivity index (χ3n) is 11.6. The fourth-order valence-electron chi connectivity index (χ4n) is 7.52. The molecule has 0 saturated heterocycles. The molecule has 1 amide bonds. The Hall–Kier alpha value is -0.500. The molecule has 0 radical (unpaired) electrons. The van der Waals surface area contributed by atoms with Crippen molar-refractivity contribution < 1.29 is 35.8 Å². The number of amides is 1. The van der Waals surface area contributed by atoms with Crippen molar-refractivity contribution in [1.29, 1.82) is 0 Å². The zero-order chi connectivity index (χ0) is 47.5. The van der Waals surface area contributed by atoms with E-state index in [1.54, 1.807) is 0 Å². The van der Waals surface area contributed by atoms with Crippen LogP contribution in [0.1, 0.15) is 271 Å². The van der Waals surface area contributed by atoms with Crippen molar-refractivity contribution in [3.05, 3.63) is 24.3 Å². The average molecular weight is 986 g/mol. The fraction of sp³-hybridized carbons (Fsp3) is 0.885. The van der Waals surface area contributed by atoms with Crippen molar-refractivity contribution in [3.8, 4) is 0 Å². The maximum atomic E-state index is 11.7. The van der Waals surface area contributed by atoms with Gasteiger partial charge in [-0.1, -0.05) is 192 Å². The Morgan fingerprint density at radius 3 is 1.18 bits per heavy atom. The first-order valence-corrected chi connectivity index (χ1v) is 29.8. The minimum atomic E-state index is -4.14. The first-order valence-electron chi connectivity index (χ1n) is 26.6. The largest absolute Gasteiger partial charge is 2.00 e. The maximum absolute atomic E-state index is 11.7. The number of hydrogen-bond acceptors (Lipinski definition) is 8. The molecule has 10 nitrogen and oxygen atoms in total. The number of hydrogen-bond donors (Lipinski definition) is 2. The zero-order valence-corrected chi connectivity index (χ0v) is 46.0. The van der Waals surface area contributed by atoms with Crippen LogP contribution in [0.25, 0.3) is 0 Å². The Morgan fingerprint density at radius 1 is 0.477 bits per heavy atom. The zero-order valence-electron chi connectivity index (χ0n) is 42.2. The minimum Gasteiger partial charge on any atom is -0.862 e. The van der Waals surface area contributed by atoms with Crippen molar-refractivity contribution >= 4 is 69.8 Å². The molecule has 0 heterocycles. The van der Waals surface area contributed by atoms with E-state index < -0.39 is 20.2 Å². The van der Waals surface area contributed by atoms with Gasteiger partial charge in [-0.05, 0) is 102 Å². The molecule has 0 aliphatic rings. The van der Waals surface area contributed by atoms with Crippen molar-refractivity contribution in [2.75, 3.05) is 24.6 Å². The topological polar surface area (TPSA) is 176 Å². The molecule has 13 heteroatoms. The van der Waals surface area contributed by atoms with Gasteiger partial charge in [0.2, 0.25) is 5.91 Å². The number of carbonyl (C=O) groups is 1. The van der Waals surface area contributed by atoms with Crippen LogP contribution in [0.4, 0.5) is 0 Å². The van der Waals surface area contributed by atoms with Gasteiger partial charge in [0.05, 0.1) is 15.9 Å². The molecule has 0 bridgehead atoms. The van der Waals surface area contributed by atoms with E-state index in [1.165, 1.54) is 193 Å². The molecular weight excluding hydrogens is 885 g/mol. The third kappa shape index (κ3) is 67.8. The molecule has 0 aliphatic carbocycles. The van der Waals surface area contributed by atoms with E-state index in [9.17, 15) is 31.3 Å². The second-order valence-electron chi connectivity index (χ2n) is 18.1. The number of allylic oxidation sites excluding steroid dienone is 4. The second kappa shape index (κ2) is 54.4. The van der Waals surface area contributed by atoms with Gasteiger partial charge in [-0.3, -0.25) is 9.35 Å². The van der Waals surface area contributed by atoms with Crippen molar-refractivity contribution in [3.63, 3.8) is 0 Å². The van der Waals surface area contributed by atoms with E-state index in [0.717, 1.165) is 25.7 Å². The molecule has 0 rings (SSSR count). The van der Waals surface area contributed by atoms with Gasteiger partial charge in [0, 0.05) is 25.3 Å². The van der Waals surface area contributed by atoms with Crippen LogP contribution >= 0.6 is 0 Å². The summed E-state index contributed by atoms with van der Waals surface area (Å²) in [5.41, 5.74) is 0. The number of aliphatic imine (C=N–C) groups is 1.